The minimum atomic E-state index is -0.810. The maximum atomic E-state index is 12.2. The largest absolute Gasteiger partial charge is 0.481 e. The van der Waals surface area contributed by atoms with E-state index in [4.69, 9.17) is 5.11 Å². The van der Waals surface area contributed by atoms with E-state index in [1.165, 1.54) is 10.9 Å². The molecule has 1 aliphatic heterocycles. The van der Waals surface area contributed by atoms with E-state index in [0.29, 0.717) is 35.2 Å². The lowest BCUT2D eigenvalue weighted by Crippen LogP contribution is -2.43. The number of hydrogen-bond donors (Lipinski definition) is 1. The van der Waals surface area contributed by atoms with Crippen LogP contribution in [0.3, 0.4) is 0 Å². The number of aliphatic carboxylic acids is 1. The fraction of sp³-hybridized carbons (Fsp3) is 0.538. The molecular formula is C13H16IN3O4. The normalized spacial score (nSPS) is 16.0. The summed E-state index contributed by atoms with van der Waals surface area (Å²) in [4.78, 5) is 40.8. The van der Waals surface area contributed by atoms with Gasteiger partial charge in [0.2, 0.25) is 5.91 Å². The molecule has 0 bridgehead atoms. The number of halogens is 1. The zero-order chi connectivity index (χ0) is 15.6. The number of amides is 1. The lowest BCUT2D eigenvalue weighted by Gasteiger charge is -2.30. The van der Waals surface area contributed by atoms with Crippen molar-refractivity contribution in [2.75, 3.05) is 13.1 Å². The molecule has 21 heavy (non-hydrogen) atoms. The number of nitrogens with zero attached hydrogens (tertiary/aromatic N) is 3. The van der Waals surface area contributed by atoms with Crippen LogP contribution in [0.2, 0.25) is 0 Å². The van der Waals surface area contributed by atoms with Crippen molar-refractivity contribution in [1.82, 2.24) is 14.5 Å². The van der Waals surface area contributed by atoms with Gasteiger partial charge in [-0.3, -0.25) is 19.0 Å². The maximum absolute atomic E-state index is 12.2. The van der Waals surface area contributed by atoms with E-state index in [9.17, 15) is 14.4 Å². The molecule has 1 N–H and O–H groups in total. The minimum Gasteiger partial charge on any atom is -0.481 e. The maximum Gasteiger partial charge on any atom is 0.306 e. The lowest BCUT2D eigenvalue weighted by atomic mass is 9.97. The number of piperidine rings is 1. The van der Waals surface area contributed by atoms with E-state index in [-0.39, 0.29) is 23.9 Å². The molecule has 0 unspecified atom stereocenters. The fourth-order valence-corrected chi connectivity index (χ4v) is 2.73. The molecule has 1 saturated heterocycles. The van der Waals surface area contributed by atoms with Crippen LogP contribution in [0.5, 0.6) is 0 Å². The second-order valence-corrected chi connectivity index (χ2v) is 6.15. The second-order valence-electron chi connectivity index (χ2n) is 5.07. The first-order valence-electron chi connectivity index (χ1n) is 6.62. The Balaban J connectivity index is 2.02. The van der Waals surface area contributed by atoms with Crippen molar-refractivity contribution in [2.24, 2.45) is 5.92 Å². The van der Waals surface area contributed by atoms with Crippen LogP contribution in [0, 0.1) is 16.4 Å². The Morgan fingerprint density at radius 3 is 2.62 bits per heavy atom. The standard InChI is InChI=1S/C13H16IN3O4/c1-8-11(14)12(19)17(7-15-8)6-10(18)16-4-2-9(3-5-16)13(20)21/h7,9H,2-6H2,1H3,(H,20,21). The summed E-state index contributed by atoms with van der Waals surface area (Å²) in [5.41, 5.74) is 0.420. The van der Waals surface area contributed by atoms with E-state index in [1.807, 2.05) is 22.6 Å². The molecule has 0 atom stereocenters. The number of carboxylic acids is 1. The summed E-state index contributed by atoms with van der Waals surface area (Å²) < 4.78 is 1.80. The monoisotopic (exact) mass is 405 g/mol. The number of rotatable bonds is 3. The van der Waals surface area contributed by atoms with Crippen LogP contribution in [-0.2, 0) is 16.1 Å². The Kier molecular flexibility index (Phi) is 4.96. The molecule has 0 saturated carbocycles. The van der Waals surface area contributed by atoms with E-state index in [0.717, 1.165) is 0 Å². The summed E-state index contributed by atoms with van der Waals surface area (Å²) in [5, 5.41) is 8.93. The molecule has 1 aromatic rings. The number of carbonyl (C=O) groups is 2. The summed E-state index contributed by atoms with van der Waals surface area (Å²) in [5.74, 6) is -1.36. The molecule has 114 valence electrons. The minimum absolute atomic E-state index is 0.0557. The summed E-state index contributed by atoms with van der Waals surface area (Å²) in [6, 6.07) is 0. The first-order chi connectivity index (χ1) is 9.90. The molecular weight excluding hydrogens is 389 g/mol. The highest BCUT2D eigenvalue weighted by molar-refractivity contribution is 14.1. The summed E-state index contributed by atoms with van der Waals surface area (Å²) in [6.45, 7) is 2.52. The van der Waals surface area contributed by atoms with Gasteiger partial charge >= 0.3 is 5.97 Å². The molecule has 0 spiro atoms. The molecule has 0 radical (unpaired) electrons. The van der Waals surface area contributed by atoms with Gasteiger partial charge in [0, 0.05) is 13.1 Å². The highest BCUT2D eigenvalue weighted by Crippen LogP contribution is 2.17. The SMILES string of the molecule is Cc1ncn(CC(=O)N2CCC(C(=O)O)CC2)c(=O)c1I. The van der Waals surface area contributed by atoms with Gasteiger partial charge in [0.1, 0.15) is 6.54 Å². The predicted octanol–water partition coefficient (Wildman–Crippen LogP) is 0.480. The van der Waals surface area contributed by atoms with Gasteiger partial charge in [-0.05, 0) is 42.4 Å². The van der Waals surface area contributed by atoms with Gasteiger partial charge in [-0.2, -0.15) is 0 Å². The first kappa shape index (κ1) is 15.9. The summed E-state index contributed by atoms with van der Waals surface area (Å²) >= 11 is 1.92. The molecule has 1 aliphatic rings. The van der Waals surface area contributed by atoms with Crippen molar-refractivity contribution in [3.63, 3.8) is 0 Å². The molecule has 7 nitrogen and oxygen atoms in total. The third kappa shape index (κ3) is 3.60. The van der Waals surface area contributed by atoms with Gasteiger partial charge in [-0.15, -0.1) is 0 Å². The number of aromatic nitrogens is 2. The zero-order valence-corrected chi connectivity index (χ0v) is 13.7. The molecule has 2 rings (SSSR count). The van der Waals surface area contributed by atoms with Crippen molar-refractivity contribution in [3.05, 3.63) is 25.9 Å². The van der Waals surface area contributed by atoms with Crippen molar-refractivity contribution < 1.29 is 14.7 Å². The number of carboxylic acid groups (broad SMARTS) is 1. The third-order valence-electron chi connectivity index (χ3n) is 3.66. The predicted molar refractivity (Wildman–Crippen MR) is 82.9 cm³/mol. The topological polar surface area (TPSA) is 92.5 Å². The van der Waals surface area contributed by atoms with Gasteiger partial charge in [-0.1, -0.05) is 0 Å². The Bertz CT molecular complexity index is 620. The average molecular weight is 405 g/mol. The Morgan fingerprint density at radius 1 is 1.43 bits per heavy atom. The quantitative estimate of drug-likeness (QED) is 0.739. The molecule has 1 aromatic heterocycles. The van der Waals surface area contributed by atoms with E-state index >= 15 is 0 Å². The Labute approximate surface area is 135 Å². The van der Waals surface area contributed by atoms with Crippen molar-refractivity contribution >= 4 is 34.5 Å². The van der Waals surface area contributed by atoms with Gasteiger partial charge in [0.15, 0.2) is 0 Å². The third-order valence-corrected chi connectivity index (χ3v) is 4.90. The molecule has 0 aromatic carbocycles. The van der Waals surface area contributed by atoms with Crippen LogP contribution in [-0.4, -0.2) is 44.5 Å². The van der Waals surface area contributed by atoms with Crippen LogP contribution in [0.15, 0.2) is 11.1 Å². The number of carbonyl (C=O) groups excluding carboxylic acids is 1. The van der Waals surface area contributed by atoms with E-state index in [1.54, 1.807) is 11.8 Å². The van der Waals surface area contributed by atoms with Gasteiger partial charge in [0.05, 0.1) is 21.5 Å². The van der Waals surface area contributed by atoms with Crippen molar-refractivity contribution in [1.29, 1.82) is 0 Å². The smallest absolute Gasteiger partial charge is 0.306 e. The number of aryl methyl sites for hydroxylation is 1. The molecule has 2 heterocycles. The average Bonchev–Trinajstić information content (AvgIpc) is 2.48. The van der Waals surface area contributed by atoms with Crippen LogP contribution < -0.4 is 5.56 Å². The second kappa shape index (κ2) is 6.54. The van der Waals surface area contributed by atoms with E-state index < -0.39 is 5.97 Å². The fourth-order valence-electron chi connectivity index (χ4n) is 2.28. The number of hydrogen-bond acceptors (Lipinski definition) is 4. The van der Waals surface area contributed by atoms with Crippen molar-refractivity contribution in [2.45, 2.75) is 26.3 Å². The van der Waals surface area contributed by atoms with Gasteiger partial charge < -0.3 is 10.0 Å². The summed E-state index contributed by atoms with van der Waals surface area (Å²) in [7, 11) is 0. The summed E-state index contributed by atoms with van der Waals surface area (Å²) in [6.07, 6.45) is 2.29. The lowest BCUT2D eigenvalue weighted by molar-refractivity contribution is -0.145. The Hall–Kier alpha value is -1.45. The van der Waals surface area contributed by atoms with E-state index in [2.05, 4.69) is 4.98 Å². The molecule has 0 aliphatic carbocycles. The van der Waals surface area contributed by atoms with Crippen LogP contribution in [0.1, 0.15) is 18.5 Å². The molecule has 1 amide bonds. The highest BCUT2D eigenvalue weighted by Gasteiger charge is 2.27. The zero-order valence-electron chi connectivity index (χ0n) is 11.6. The first-order valence-corrected chi connectivity index (χ1v) is 7.70. The van der Waals surface area contributed by atoms with Crippen LogP contribution in [0.4, 0.5) is 0 Å². The van der Waals surface area contributed by atoms with Crippen molar-refractivity contribution in [3.8, 4) is 0 Å². The van der Waals surface area contributed by atoms with Crippen LogP contribution in [0.25, 0.3) is 0 Å². The molecule has 8 heteroatoms. The van der Waals surface area contributed by atoms with Gasteiger partial charge in [-0.25, -0.2) is 4.98 Å². The Morgan fingerprint density at radius 2 is 2.05 bits per heavy atom. The molecule has 1 fully saturated rings. The van der Waals surface area contributed by atoms with Gasteiger partial charge in [0.25, 0.3) is 5.56 Å². The highest BCUT2D eigenvalue weighted by atomic mass is 127. The van der Waals surface area contributed by atoms with Crippen LogP contribution >= 0.6 is 22.6 Å². The number of likely N-dealkylation sites (tertiary alicyclic amines) is 1.